The molecule has 1 aromatic carbocycles. The molecule has 7 nitrogen and oxygen atoms in total. The van der Waals surface area contributed by atoms with E-state index in [0.717, 1.165) is 6.26 Å². The van der Waals surface area contributed by atoms with E-state index in [4.69, 9.17) is 10.5 Å². The van der Waals surface area contributed by atoms with E-state index in [-0.39, 0.29) is 30.3 Å². The molecule has 0 unspecified atom stereocenters. The predicted molar refractivity (Wildman–Crippen MR) is 66.2 cm³/mol. The van der Waals surface area contributed by atoms with Gasteiger partial charge in [-0.25, -0.2) is 8.42 Å². The van der Waals surface area contributed by atoms with Crippen LogP contribution in [0.15, 0.2) is 18.2 Å². The molecule has 0 fully saturated rings. The summed E-state index contributed by atoms with van der Waals surface area (Å²) in [6.45, 7) is 0.0616. The molecule has 0 atom stereocenters. The first-order valence-corrected chi connectivity index (χ1v) is 7.17. The quantitative estimate of drug-likeness (QED) is 0.596. The second kappa shape index (κ2) is 5.78. The van der Waals surface area contributed by atoms with E-state index in [1.165, 1.54) is 12.1 Å². The summed E-state index contributed by atoms with van der Waals surface area (Å²) in [6, 6.07) is 4.33. The van der Waals surface area contributed by atoms with Crippen LogP contribution < -0.4 is 10.5 Å². The third-order valence-electron chi connectivity index (χ3n) is 2.17. The standard InChI is InChI=1S/C10H14N2O5S/c1-18(15,16)5-4-17-10-3-2-8(7-11)6-9(10)12(13)14/h2-3,6H,4-5,7,11H2,1H3. The molecule has 100 valence electrons. The van der Waals surface area contributed by atoms with E-state index in [0.29, 0.717) is 5.56 Å². The van der Waals surface area contributed by atoms with Gasteiger partial charge in [-0.05, 0) is 11.6 Å². The Bertz CT molecular complexity index is 541. The molecule has 1 aromatic rings. The summed E-state index contributed by atoms with van der Waals surface area (Å²) in [5.74, 6) is -0.149. The normalized spacial score (nSPS) is 11.2. The molecule has 18 heavy (non-hydrogen) atoms. The van der Waals surface area contributed by atoms with Crippen molar-refractivity contribution in [1.29, 1.82) is 0 Å². The number of nitro groups is 1. The van der Waals surface area contributed by atoms with Crippen LogP contribution in [0.1, 0.15) is 5.56 Å². The lowest BCUT2D eigenvalue weighted by Crippen LogP contribution is -2.12. The van der Waals surface area contributed by atoms with Gasteiger partial charge in [0, 0.05) is 18.9 Å². The van der Waals surface area contributed by atoms with Gasteiger partial charge in [-0.15, -0.1) is 0 Å². The van der Waals surface area contributed by atoms with Crippen LogP contribution in [0, 0.1) is 10.1 Å². The SMILES string of the molecule is CS(=O)(=O)CCOc1ccc(CN)cc1[N+](=O)[O-]. The minimum Gasteiger partial charge on any atom is -0.486 e. The topological polar surface area (TPSA) is 113 Å². The lowest BCUT2D eigenvalue weighted by molar-refractivity contribution is -0.385. The van der Waals surface area contributed by atoms with Gasteiger partial charge in [-0.2, -0.15) is 0 Å². The molecular weight excluding hydrogens is 260 g/mol. The molecule has 0 saturated heterocycles. The van der Waals surface area contributed by atoms with Crippen molar-refractivity contribution in [2.24, 2.45) is 5.73 Å². The highest BCUT2D eigenvalue weighted by molar-refractivity contribution is 7.90. The highest BCUT2D eigenvalue weighted by atomic mass is 32.2. The van der Waals surface area contributed by atoms with Crippen LogP contribution in [-0.4, -0.2) is 32.0 Å². The smallest absolute Gasteiger partial charge is 0.311 e. The summed E-state index contributed by atoms with van der Waals surface area (Å²) in [6.07, 6.45) is 1.07. The monoisotopic (exact) mass is 274 g/mol. The van der Waals surface area contributed by atoms with E-state index in [1.807, 2.05) is 0 Å². The summed E-state index contributed by atoms with van der Waals surface area (Å²) < 4.78 is 26.9. The average molecular weight is 274 g/mol. The van der Waals surface area contributed by atoms with Crippen LogP contribution >= 0.6 is 0 Å². The Hall–Kier alpha value is -1.67. The van der Waals surface area contributed by atoms with Gasteiger partial charge < -0.3 is 10.5 Å². The minimum absolute atomic E-state index is 0.0425. The summed E-state index contributed by atoms with van der Waals surface area (Å²) in [7, 11) is -3.16. The molecular formula is C10H14N2O5S. The number of nitrogens with zero attached hydrogens (tertiary/aromatic N) is 1. The highest BCUT2D eigenvalue weighted by Crippen LogP contribution is 2.27. The van der Waals surface area contributed by atoms with Crippen molar-refractivity contribution >= 4 is 15.5 Å². The van der Waals surface area contributed by atoms with Crippen LogP contribution in [0.25, 0.3) is 0 Å². The largest absolute Gasteiger partial charge is 0.486 e. The maximum absolute atomic E-state index is 10.9. The van der Waals surface area contributed by atoms with Gasteiger partial charge >= 0.3 is 5.69 Å². The summed E-state index contributed by atoms with van der Waals surface area (Å²) in [4.78, 5) is 10.2. The molecule has 0 saturated carbocycles. The minimum atomic E-state index is -3.16. The fraction of sp³-hybridized carbons (Fsp3) is 0.400. The van der Waals surface area contributed by atoms with Crippen molar-refractivity contribution in [1.82, 2.24) is 0 Å². The Labute approximate surface area is 105 Å². The van der Waals surface area contributed by atoms with E-state index < -0.39 is 14.8 Å². The van der Waals surface area contributed by atoms with E-state index in [2.05, 4.69) is 0 Å². The number of benzene rings is 1. The van der Waals surface area contributed by atoms with Gasteiger partial charge in [-0.1, -0.05) is 6.07 Å². The van der Waals surface area contributed by atoms with Crippen molar-refractivity contribution in [2.75, 3.05) is 18.6 Å². The maximum Gasteiger partial charge on any atom is 0.311 e. The Morgan fingerprint density at radius 2 is 2.11 bits per heavy atom. The Morgan fingerprint density at radius 1 is 1.44 bits per heavy atom. The molecule has 1 rings (SSSR count). The molecule has 2 N–H and O–H groups in total. The number of nitro benzene ring substituents is 1. The van der Waals surface area contributed by atoms with Gasteiger partial charge in [0.2, 0.25) is 0 Å². The second-order valence-corrected chi connectivity index (χ2v) is 6.00. The second-order valence-electron chi connectivity index (χ2n) is 3.74. The van der Waals surface area contributed by atoms with Crippen molar-refractivity contribution in [2.45, 2.75) is 6.54 Å². The zero-order valence-electron chi connectivity index (χ0n) is 9.83. The van der Waals surface area contributed by atoms with Gasteiger partial charge in [0.25, 0.3) is 0 Å². The fourth-order valence-corrected chi connectivity index (χ4v) is 1.64. The molecule has 0 spiro atoms. The van der Waals surface area contributed by atoms with Crippen LogP contribution in [0.3, 0.4) is 0 Å². The lowest BCUT2D eigenvalue weighted by atomic mass is 10.2. The molecule has 0 aromatic heterocycles. The van der Waals surface area contributed by atoms with Crippen LogP contribution in [-0.2, 0) is 16.4 Å². The van der Waals surface area contributed by atoms with Crippen molar-refractivity contribution in [3.8, 4) is 5.75 Å². The predicted octanol–water partition coefficient (Wildman–Crippen LogP) is 0.477. The molecule has 0 radical (unpaired) electrons. The number of nitrogens with two attached hydrogens (primary N) is 1. The molecule has 0 amide bonds. The number of ether oxygens (including phenoxy) is 1. The molecule has 8 heteroatoms. The first kappa shape index (κ1) is 14.4. The van der Waals surface area contributed by atoms with Gasteiger partial charge in [0.15, 0.2) is 15.6 Å². The van der Waals surface area contributed by atoms with Gasteiger partial charge in [0.05, 0.1) is 10.7 Å². The third kappa shape index (κ3) is 4.30. The van der Waals surface area contributed by atoms with Crippen LogP contribution in [0.2, 0.25) is 0 Å². The maximum atomic E-state index is 10.9. The molecule has 0 heterocycles. The summed E-state index contributed by atoms with van der Waals surface area (Å²) in [5, 5.41) is 10.8. The number of hydrogen-bond acceptors (Lipinski definition) is 6. The molecule has 0 aliphatic rings. The zero-order chi connectivity index (χ0) is 13.8. The molecule has 0 aliphatic carbocycles. The molecule has 0 aliphatic heterocycles. The Morgan fingerprint density at radius 3 is 2.61 bits per heavy atom. The van der Waals surface area contributed by atoms with E-state index in [9.17, 15) is 18.5 Å². The van der Waals surface area contributed by atoms with Crippen LogP contribution in [0.4, 0.5) is 5.69 Å². The highest BCUT2D eigenvalue weighted by Gasteiger charge is 2.16. The van der Waals surface area contributed by atoms with Crippen molar-refractivity contribution in [3.05, 3.63) is 33.9 Å². The number of hydrogen-bond donors (Lipinski definition) is 1. The zero-order valence-corrected chi connectivity index (χ0v) is 10.6. The third-order valence-corrected chi connectivity index (χ3v) is 3.08. The first-order valence-electron chi connectivity index (χ1n) is 5.11. The summed E-state index contributed by atoms with van der Waals surface area (Å²) >= 11 is 0. The van der Waals surface area contributed by atoms with Gasteiger partial charge in [0.1, 0.15) is 6.61 Å². The van der Waals surface area contributed by atoms with E-state index in [1.54, 1.807) is 6.07 Å². The van der Waals surface area contributed by atoms with Crippen molar-refractivity contribution < 1.29 is 18.1 Å². The first-order chi connectivity index (χ1) is 8.33. The lowest BCUT2D eigenvalue weighted by Gasteiger charge is -2.07. The Balaban J connectivity index is 2.85. The average Bonchev–Trinajstić information content (AvgIpc) is 2.27. The number of rotatable bonds is 6. The van der Waals surface area contributed by atoms with Gasteiger partial charge in [-0.3, -0.25) is 10.1 Å². The van der Waals surface area contributed by atoms with Crippen molar-refractivity contribution in [3.63, 3.8) is 0 Å². The van der Waals surface area contributed by atoms with E-state index >= 15 is 0 Å². The Kier molecular flexibility index (Phi) is 4.62. The summed E-state index contributed by atoms with van der Waals surface area (Å²) in [5.41, 5.74) is 5.78. The van der Waals surface area contributed by atoms with Crippen LogP contribution in [0.5, 0.6) is 5.75 Å². The molecule has 0 bridgehead atoms. The fourth-order valence-electron chi connectivity index (χ4n) is 1.26. The number of sulfone groups is 1.